The Bertz CT molecular complexity index is 797. The van der Waals surface area contributed by atoms with E-state index >= 15 is 0 Å². The molecule has 154 valence electrons. The van der Waals surface area contributed by atoms with E-state index in [1.807, 2.05) is 19.1 Å². The van der Waals surface area contributed by atoms with Crippen LogP contribution >= 0.6 is 12.4 Å². The molecule has 1 aromatic heterocycles. The first-order valence-electron chi connectivity index (χ1n) is 9.23. The number of piperidine rings is 1. The molecule has 1 aromatic carbocycles. The summed E-state index contributed by atoms with van der Waals surface area (Å²) in [6, 6.07) is 3.83. The number of benzene rings is 1. The van der Waals surface area contributed by atoms with Gasteiger partial charge in [-0.2, -0.15) is 5.10 Å². The Balaban J connectivity index is 0.00000280. The van der Waals surface area contributed by atoms with Crippen molar-refractivity contribution in [2.45, 2.75) is 32.3 Å². The topological polar surface area (TPSA) is 85.8 Å². The molecular formula is C19H27ClN4O4. The van der Waals surface area contributed by atoms with Crippen molar-refractivity contribution in [1.29, 1.82) is 0 Å². The summed E-state index contributed by atoms with van der Waals surface area (Å²) >= 11 is 0. The lowest BCUT2D eigenvalue weighted by atomic mass is 10.1. The fourth-order valence-corrected chi connectivity index (χ4v) is 3.23. The molecule has 2 aromatic rings. The molecular weight excluding hydrogens is 384 g/mol. The normalized spacial score (nSPS) is 14.3. The van der Waals surface area contributed by atoms with Gasteiger partial charge in [-0.25, -0.2) is 4.79 Å². The number of nitrogens with zero attached hydrogens (tertiary/aromatic N) is 3. The average molecular weight is 411 g/mol. The zero-order chi connectivity index (χ0) is 19.2. The lowest BCUT2D eigenvalue weighted by molar-refractivity contribution is 0.0832. The van der Waals surface area contributed by atoms with Gasteiger partial charge in [0.15, 0.2) is 17.3 Å². The SMILES string of the molecule is CCCNC(=O)OC1CCN(c2nncc3cc(OC)c(OC)cc23)CC1.Cl. The monoisotopic (exact) mass is 410 g/mol. The van der Waals surface area contributed by atoms with E-state index in [9.17, 15) is 4.79 Å². The molecule has 0 radical (unpaired) electrons. The lowest BCUT2D eigenvalue weighted by Crippen LogP contribution is -2.40. The number of amides is 1. The zero-order valence-corrected chi connectivity index (χ0v) is 17.3. The molecule has 0 bridgehead atoms. The first-order valence-corrected chi connectivity index (χ1v) is 9.23. The second-order valence-corrected chi connectivity index (χ2v) is 6.48. The van der Waals surface area contributed by atoms with Gasteiger partial charge in [-0.3, -0.25) is 0 Å². The maximum Gasteiger partial charge on any atom is 0.407 e. The molecule has 1 aliphatic heterocycles. The van der Waals surface area contributed by atoms with Crippen LogP contribution in [0, 0.1) is 0 Å². The van der Waals surface area contributed by atoms with Crippen LogP contribution in [0.3, 0.4) is 0 Å². The molecule has 1 N–H and O–H groups in total. The molecule has 1 saturated heterocycles. The van der Waals surface area contributed by atoms with Crippen LogP contribution < -0.4 is 19.7 Å². The number of carbonyl (C=O) groups excluding carboxylic acids is 1. The molecule has 1 aliphatic rings. The summed E-state index contributed by atoms with van der Waals surface area (Å²) < 4.78 is 16.3. The highest BCUT2D eigenvalue weighted by Gasteiger charge is 2.25. The van der Waals surface area contributed by atoms with E-state index in [0.29, 0.717) is 18.0 Å². The van der Waals surface area contributed by atoms with Gasteiger partial charge in [0.05, 0.1) is 20.4 Å². The number of hydrogen-bond donors (Lipinski definition) is 1. The van der Waals surface area contributed by atoms with Crippen molar-refractivity contribution in [3.63, 3.8) is 0 Å². The highest BCUT2D eigenvalue weighted by molar-refractivity contribution is 5.94. The number of nitrogens with one attached hydrogen (secondary N) is 1. The molecule has 28 heavy (non-hydrogen) atoms. The Morgan fingerprint density at radius 1 is 1.21 bits per heavy atom. The van der Waals surface area contributed by atoms with Crippen LogP contribution in [0.2, 0.25) is 0 Å². The number of alkyl carbamates (subject to hydrolysis) is 1. The van der Waals surface area contributed by atoms with Gasteiger partial charge in [0.25, 0.3) is 0 Å². The van der Waals surface area contributed by atoms with Gasteiger partial charge in [0, 0.05) is 43.2 Å². The third kappa shape index (κ3) is 4.86. The second kappa shape index (κ2) is 10.2. The molecule has 0 unspecified atom stereocenters. The van der Waals surface area contributed by atoms with Crippen LogP contribution in [-0.4, -0.2) is 56.2 Å². The molecule has 0 aliphatic carbocycles. The molecule has 1 fully saturated rings. The highest BCUT2D eigenvalue weighted by Crippen LogP contribution is 2.35. The van der Waals surface area contributed by atoms with Gasteiger partial charge in [0.2, 0.25) is 0 Å². The summed E-state index contributed by atoms with van der Waals surface area (Å²) in [7, 11) is 3.23. The van der Waals surface area contributed by atoms with Crippen LogP contribution in [0.5, 0.6) is 11.5 Å². The molecule has 1 amide bonds. The summed E-state index contributed by atoms with van der Waals surface area (Å²) in [5, 5.41) is 13.1. The van der Waals surface area contributed by atoms with Crippen molar-refractivity contribution in [2.24, 2.45) is 0 Å². The van der Waals surface area contributed by atoms with Crippen LogP contribution in [-0.2, 0) is 4.74 Å². The van der Waals surface area contributed by atoms with Crippen molar-refractivity contribution in [3.05, 3.63) is 18.3 Å². The van der Waals surface area contributed by atoms with E-state index in [4.69, 9.17) is 14.2 Å². The second-order valence-electron chi connectivity index (χ2n) is 6.48. The summed E-state index contributed by atoms with van der Waals surface area (Å²) in [6.07, 6.45) is 3.71. The summed E-state index contributed by atoms with van der Waals surface area (Å²) in [6.45, 7) is 4.13. The minimum atomic E-state index is -0.336. The fourth-order valence-electron chi connectivity index (χ4n) is 3.23. The average Bonchev–Trinajstić information content (AvgIpc) is 2.71. The van der Waals surface area contributed by atoms with Gasteiger partial charge in [-0.15, -0.1) is 17.5 Å². The highest BCUT2D eigenvalue weighted by atomic mass is 35.5. The number of carbonyl (C=O) groups is 1. The number of aromatic nitrogens is 2. The predicted molar refractivity (Wildman–Crippen MR) is 110 cm³/mol. The van der Waals surface area contributed by atoms with E-state index in [-0.39, 0.29) is 24.6 Å². The zero-order valence-electron chi connectivity index (χ0n) is 16.4. The van der Waals surface area contributed by atoms with Crippen molar-refractivity contribution in [3.8, 4) is 11.5 Å². The van der Waals surface area contributed by atoms with Gasteiger partial charge in [0.1, 0.15) is 6.10 Å². The standard InChI is InChI=1S/C19H26N4O4.ClH/c1-4-7-20-19(24)27-14-5-8-23(9-6-14)18-15-11-17(26-3)16(25-2)10-13(15)12-21-22-18;/h10-12,14H,4-9H2,1-3H3,(H,20,24);1H. The maximum absolute atomic E-state index is 11.7. The predicted octanol–water partition coefficient (Wildman–Crippen LogP) is 3.17. The quantitative estimate of drug-likeness (QED) is 0.782. The first-order chi connectivity index (χ1) is 13.2. The molecule has 3 rings (SSSR count). The van der Waals surface area contributed by atoms with Crippen LogP contribution in [0.1, 0.15) is 26.2 Å². The Labute approximate surface area is 170 Å². The number of halogens is 1. The molecule has 0 spiro atoms. The van der Waals surface area contributed by atoms with Crippen LogP contribution in [0.25, 0.3) is 10.8 Å². The maximum atomic E-state index is 11.7. The van der Waals surface area contributed by atoms with E-state index in [2.05, 4.69) is 20.4 Å². The molecule has 0 saturated carbocycles. The lowest BCUT2D eigenvalue weighted by Gasteiger charge is -2.32. The van der Waals surface area contributed by atoms with E-state index in [1.54, 1.807) is 20.4 Å². The Morgan fingerprint density at radius 2 is 1.89 bits per heavy atom. The fraction of sp³-hybridized carbons (Fsp3) is 0.526. The van der Waals surface area contributed by atoms with Crippen molar-refractivity contribution < 1.29 is 19.0 Å². The number of fused-ring (bicyclic) bond motifs is 1. The van der Waals surface area contributed by atoms with Crippen LogP contribution in [0.15, 0.2) is 18.3 Å². The summed E-state index contributed by atoms with van der Waals surface area (Å²) in [4.78, 5) is 13.9. The molecule has 0 atom stereocenters. The first kappa shape index (κ1) is 21.8. The van der Waals surface area contributed by atoms with E-state index < -0.39 is 0 Å². The smallest absolute Gasteiger partial charge is 0.407 e. The van der Waals surface area contributed by atoms with E-state index in [1.165, 1.54) is 0 Å². The number of ether oxygens (including phenoxy) is 3. The van der Waals surface area contributed by atoms with Gasteiger partial charge in [-0.1, -0.05) is 6.92 Å². The molecule has 8 nitrogen and oxygen atoms in total. The third-order valence-corrected chi connectivity index (χ3v) is 4.68. The third-order valence-electron chi connectivity index (χ3n) is 4.68. The Morgan fingerprint density at radius 3 is 2.54 bits per heavy atom. The molecule has 9 heteroatoms. The van der Waals surface area contributed by atoms with Crippen molar-refractivity contribution in [1.82, 2.24) is 15.5 Å². The Kier molecular flexibility index (Phi) is 7.92. The van der Waals surface area contributed by atoms with Crippen molar-refractivity contribution in [2.75, 3.05) is 38.8 Å². The number of hydrogen-bond acceptors (Lipinski definition) is 7. The van der Waals surface area contributed by atoms with Gasteiger partial charge < -0.3 is 24.4 Å². The Hall–Kier alpha value is -2.48. The van der Waals surface area contributed by atoms with Gasteiger partial charge in [-0.05, 0) is 18.6 Å². The van der Waals surface area contributed by atoms with E-state index in [0.717, 1.165) is 48.9 Å². The van der Waals surface area contributed by atoms with Crippen LogP contribution in [0.4, 0.5) is 10.6 Å². The minimum Gasteiger partial charge on any atom is -0.493 e. The summed E-state index contributed by atoms with van der Waals surface area (Å²) in [5.74, 6) is 2.13. The number of rotatable bonds is 6. The minimum absolute atomic E-state index is 0. The van der Waals surface area contributed by atoms with Crippen molar-refractivity contribution >= 4 is 35.1 Å². The molecule has 2 heterocycles. The summed E-state index contributed by atoms with van der Waals surface area (Å²) in [5.41, 5.74) is 0. The number of methoxy groups -OCH3 is 2. The number of anilines is 1. The largest absolute Gasteiger partial charge is 0.493 e. The van der Waals surface area contributed by atoms with Gasteiger partial charge >= 0.3 is 6.09 Å².